The van der Waals surface area contributed by atoms with Gasteiger partial charge in [0.15, 0.2) is 0 Å². The zero-order valence-corrected chi connectivity index (χ0v) is 16.4. The Morgan fingerprint density at radius 2 is 1.69 bits per heavy atom. The Kier molecular flexibility index (Phi) is 6.39. The lowest BCUT2D eigenvalue weighted by atomic mass is 9.99. The molecule has 150 valence electrons. The number of carbonyl (C=O) groups excluding carboxylic acids is 1. The monoisotopic (exact) mass is 392 g/mol. The molecule has 0 fully saturated rings. The lowest BCUT2D eigenvalue weighted by molar-refractivity contribution is -0.143. The summed E-state index contributed by atoms with van der Waals surface area (Å²) in [5.41, 5.74) is 2.91. The maximum absolute atomic E-state index is 12.6. The third kappa shape index (κ3) is 4.68. The fourth-order valence-electron chi connectivity index (χ4n) is 3.13. The molecule has 7 heteroatoms. The summed E-state index contributed by atoms with van der Waals surface area (Å²) in [6.07, 6.45) is 0.591. The van der Waals surface area contributed by atoms with Crippen molar-refractivity contribution in [1.29, 1.82) is 0 Å². The zero-order valence-electron chi connectivity index (χ0n) is 16.4. The first-order chi connectivity index (χ1) is 14.0. The van der Waals surface area contributed by atoms with Crippen LogP contribution in [0.5, 0.6) is 0 Å². The van der Waals surface area contributed by atoms with Crippen LogP contribution in [0.4, 0.5) is 0 Å². The lowest BCUT2D eigenvalue weighted by Crippen LogP contribution is -2.45. The summed E-state index contributed by atoms with van der Waals surface area (Å²) in [6.45, 7) is 3.70. The highest BCUT2D eigenvalue weighted by Crippen LogP contribution is 2.25. The normalized spacial score (nSPS) is 12.9. The van der Waals surface area contributed by atoms with Crippen LogP contribution in [0.1, 0.15) is 26.0 Å². The quantitative estimate of drug-likeness (QED) is 0.614. The second kappa shape index (κ2) is 9.14. The third-order valence-corrected chi connectivity index (χ3v) is 4.91. The number of amides is 1. The van der Waals surface area contributed by atoms with Crippen molar-refractivity contribution in [3.8, 4) is 16.9 Å². The van der Waals surface area contributed by atoms with Crippen molar-refractivity contribution in [2.24, 2.45) is 5.92 Å². The van der Waals surface area contributed by atoms with E-state index in [1.165, 1.54) is 0 Å². The van der Waals surface area contributed by atoms with E-state index in [9.17, 15) is 14.7 Å². The largest absolute Gasteiger partial charge is 0.480 e. The average Bonchev–Trinajstić information content (AvgIpc) is 3.16. The number of carboxylic acids is 1. The number of aromatic nitrogens is 3. The van der Waals surface area contributed by atoms with E-state index in [1.54, 1.807) is 11.6 Å². The molecule has 1 amide bonds. The van der Waals surface area contributed by atoms with Crippen LogP contribution in [0.25, 0.3) is 16.9 Å². The Bertz CT molecular complexity index is 970. The van der Waals surface area contributed by atoms with Gasteiger partial charge in [-0.3, -0.25) is 4.79 Å². The maximum Gasteiger partial charge on any atom is 0.326 e. The third-order valence-electron chi connectivity index (χ3n) is 4.91. The Hall–Kier alpha value is -3.48. The lowest BCUT2D eigenvalue weighted by Gasteiger charge is -2.20. The first-order valence-electron chi connectivity index (χ1n) is 9.58. The highest BCUT2D eigenvalue weighted by molar-refractivity contribution is 5.86. The summed E-state index contributed by atoms with van der Waals surface area (Å²) in [7, 11) is 0. The van der Waals surface area contributed by atoms with Gasteiger partial charge in [-0.05, 0) is 18.1 Å². The summed E-state index contributed by atoms with van der Waals surface area (Å²) >= 11 is 0. The smallest absolute Gasteiger partial charge is 0.326 e. The van der Waals surface area contributed by atoms with Crippen molar-refractivity contribution >= 4 is 11.9 Å². The van der Waals surface area contributed by atoms with Gasteiger partial charge in [0.25, 0.3) is 0 Å². The molecule has 0 saturated heterocycles. The SMILES string of the molecule is CCC(C)C(NC(=O)Cc1nnn(-c2ccccc2)c1-c1ccccc1)C(=O)O. The number of nitrogens with one attached hydrogen (secondary N) is 1. The molecule has 0 bridgehead atoms. The van der Waals surface area contributed by atoms with E-state index in [4.69, 9.17) is 0 Å². The van der Waals surface area contributed by atoms with E-state index in [0.717, 1.165) is 11.3 Å². The van der Waals surface area contributed by atoms with Gasteiger partial charge in [-0.25, -0.2) is 9.48 Å². The molecule has 29 heavy (non-hydrogen) atoms. The molecular weight excluding hydrogens is 368 g/mol. The van der Waals surface area contributed by atoms with Crippen LogP contribution in [-0.2, 0) is 16.0 Å². The molecule has 2 unspecified atom stereocenters. The fourth-order valence-corrected chi connectivity index (χ4v) is 3.13. The number of carbonyl (C=O) groups is 2. The predicted molar refractivity (Wildman–Crippen MR) is 110 cm³/mol. The Morgan fingerprint density at radius 3 is 2.28 bits per heavy atom. The summed E-state index contributed by atoms with van der Waals surface area (Å²) < 4.78 is 1.70. The molecule has 1 heterocycles. The van der Waals surface area contributed by atoms with Crippen molar-refractivity contribution < 1.29 is 14.7 Å². The van der Waals surface area contributed by atoms with E-state index in [-0.39, 0.29) is 12.3 Å². The summed E-state index contributed by atoms with van der Waals surface area (Å²) in [4.78, 5) is 24.1. The van der Waals surface area contributed by atoms with Gasteiger partial charge < -0.3 is 10.4 Å². The number of aliphatic carboxylic acids is 1. The van der Waals surface area contributed by atoms with Crippen LogP contribution >= 0.6 is 0 Å². The molecule has 0 aliphatic rings. The van der Waals surface area contributed by atoms with Crippen LogP contribution in [0.3, 0.4) is 0 Å². The standard InChI is InChI=1S/C22H24N4O3/c1-3-15(2)20(22(28)29)23-19(27)14-18-21(16-10-6-4-7-11-16)26(25-24-18)17-12-8-5-9-13-17/h4-13,15,20H,3,14H2,1-2H3,(H,23,27)(H,28,29). The van der Waals surface area contributed by atoms with Gasteiger partial charge in [0, 0.05) is 5.56 Å². The molecule has 2 N–H and O–H groups in total. The predicted octanol–water partition coefficient (Wildman–Crippen LogP) is 3.09. The Labute approximate surface area is 169 Å². The maximum atomic E-state index is 12.6. The fraction of sp³-hybridized carbons (Fsp3) is 0.273. The topological polar surface area (TPSA) is 97.1 Å². The summed E-state index contributed by atoms with van der Waals surface area (Å²) in [5.74, 6) is -1.61. The van der Waals surface area contributed by atoms with Crippen LogP contribution in [0, 0.1) is 5.92 Å². The van der Waals surface area contributed by atoms with Gasteiger partial charge in [-0.2, -0.15) is 0 Å². The second-order valence-corrected chi connectivity index (χ2v) is 6.94. The van der Waals surface area contributed by atoms with Gasteiger partial charge in [0.05, 0.1) is 17.8 Å². The minimum Gasteiger partial charge on any atom is -0.480 e. The highest BCUT2D eigenvalue weighted by Gasteiger charge is 2.26. The van der Waals surface area contributed by atoms with Crippen LogP contribution in [0.15, 0.2) is 60.7 Å². The minimum atomic E-state index is -1.04. The summed E-state index contributed by atoms with van der Waals surface area (Å²) in [6, 6.07) is 18.2. The minimum absolute atomic E-state index is 0.0583. The van der Waals surface area contributed by atoms with E-state index in [1.807, 2.05) is 67.6 Å². The van der Waals surface area contributed by atoms with E-state index >= 15 is 0 Å². The van der Waals surface area contributed by atoms with Crippen LogP contribution in [-0.4, -0.2) is 38.0 Å². The van der Waals surface area contributed by atoms with Crippen molar-refractivity contribution in [2.45, 2.75) is 32.7 Å². The number of hydrogen-bond acceptors (Lipinski definition) is 4. The summed E-state index contributed by atoms with van der Waals surface area (Å²) in [5, 5.41) is 20.5. The van der Waals surface area contributed by atoms with Gasteiger partial charge >= 0.3 is 5.97 Å². The molecule has 1 aromatic heterocycles. The van der Waals surface area contributed by atoms with Crippen molar-refractivity contribution in [2.75, 3.05) is 0 Å². The molecule has 3 aromatic rings. The average molecular weight is 392 g/mol. The number of rotatable bonds is 8. The van der Waals surface area contributed by atoms with Crippen LogP contribution < -0.4 is 5.32 Å². The number of benzene rings is 2. The van der Waals surface area contributed by atoms with Crippen molar-refractivity contribution in [3.63, 3.8) is 0 Å². The van der Waals surface area contributed by atoms with Gasteiger partial charge in [0.1, 0.15) is 11.7 Å². The van der Waals surface area contributed by atoms with Crippen LogP contribution in [0.2, 0.25) is 0 Å². The molecule has 7 nitrogen and oxygen atoms in total. The van der Waals surface area contributed by atoms with Crippen molar-refractivity contribution in [3.05, 3.63) is 66.4 Å². The molecule has 0 aliphatic carbocycles. The van der Waals surface area contributed by atoms with E-state index < -0.39 is 17.9 Å². The Morgan fingerprint density at radius 1 is 1.07 bits per heavy atom. The molecule has 2 atom stereocenters. The van der Waals surface area contributed by atoms with Gasteiger partial charge in [-0.1, -0.05) is 74.0 Å². The highest BCUT2D eigenvalue weighted by atomic mass is 16.4. The molecule has 0 spiro atoms. The number of carboxylic acid groups (broad SMARTS) is 1. The molecule has 0 saturated carbocycles. The van der Waals surface area contributed by atoms with Crippen molar-refractivity contribution in [1.82, 2.24) is 20.3 Å². The van der Waals surface area contributed by atoms with E-state index in [0.29, 0.717) is 17.8 Å². The molecular formula is C22H24N4O3. The molecule has 2 aromatic carbocycles. The first kappa shape index (κ1) is 20.3. The molecule has 0 radical (unpaired) electrons. The number of hydrogen-bond donors (Lipinski definition) is 2. The zero-order chi connectivity index (χ0) is 20.8. The van der Waals surface area contributed by atoms with E-state index in [2.05, 4.69) is 15.6 Å². The number of nitrogens with zero attached hydrogens (tertiary/aromatic N) is 3. The molecule has 0 aliphatic heterocycles. The number of para-hydroxylation sites is 1. The van der Waals surface area contributed by atoms with Gasteiger partial charge in [-0.15, -0.1) is 5.10 Å². The van der Waals surface area contributed by atoms with Gasteiger partial charge in [0.2, 0.25) is 5.91 Å². The molecule has 3 rings (SSSR count). The second-order valence-electron chi connectivity index (χ2n) is 6.94. The first-order valence-corrected chi connectivity index (χ1v) is 9.58. The Balaban J connectivity index is 1.93.